The Bertz CT molecular complexity index is 252. The predicted molar refractivity (Wildman–Crippen MR) is 43.2 cm³/mol. The number of nitriles is 1. The number of hydrogen-bond acceptors (Lipinski definition) is 5. The number of aromatic nitrogens is 3. The molecule has 5 heteroatoms. The minimum Gasteiger partial charge on any atom is -0.354 e. The third-order valence-electron chi connectivity index (χ3n) is 1.24. The Kier molecular flexibility index (Phi) is 3.51. The highest BCUT2D eigenvalue weighted by atomic mass is 15.1. The van der Waals surface area contributed by atoms with E-state index >= 15 is 0 Å². The van der Waals surface area contributed by atoms with Crippen molar-refractivity contribution in [3.05, 3.63) is 12.7 Å². The Morgan fingerprint density at radius 1 is 1.42 bits per heavy atom. The molecular formula is C7H9N5. The molecule has 1 rings (SSSR count). The Morgan fingerprint density at radius 3 is 2.83 bits per heavy atom. The van der Waals surface area contributed by atoms with Gasteiger partial charge in [0, 0.05) is 13.0 Å². The first-order valence-electron chi connectivity index (χ1n) is 3.66. The summed E-state index contributed by atoms with van der Waals surface area (Å²) >= 11 is 0. The van der Waals surface area contributed by atoms with E-state index in [0.717, 1.165) is 13.0 Å². The van der Waals surface area contributed by atoms with Crippen molar-refractivity contribution in [2.24, 2.45) is 0 Å². The van der Waals surface area contributed by atoms with Gasteiger partial charge in [0.15, 0.2) is 0 Å². The molecule has 0 aliphatic rings. The minimum absolute atomic E-state index is 0.554. The van der Waals surface area contributed by atoms with Crippen LogP contribution < -0.4 is 5.32 Å². The molecule has 0 bridgehead atoms. The van der Waals surface area contributed by atoms with Crippen molar-refractivity contribution in [1.82, 2.24) is 15.0 Å². The van der Waals surface area contributed by atoms with Gasteiger partial charge in [0.1, 0.15) is 12.7 Å². The van der Waals surface area contributed by atoms with E-state index in [9.17, 15) is 0 Å². The van der Waals surface area contributed by atoms with Crippen LogP contribution in [0, 0.1) is 11.3 Å². The number of anilines is 1. The first kappa shape index (κ1) is 8.40. The monoisotopic (exact) mass is 163 g/mol. The highest BCUT2D eigenvalue weighted by Gasteiger charge is 1.91. The molecule has 0 spiro atoms. The van der Waals surface area contributed by atoms with Crippen LogP contribution in [0.5, 0.6) is 0 Å². The molecule has 12 heavy (non-hydrogen) atoms. The maximum Gasteiger partial charge on any atom is 0.225 e. The molecule has 0 aliphatic heterocycles. The zero-order valence-corrected chi connectivity index (χ0v) is 6.56. The van der Waals surface area contributed by atoms with Crippen LogP contribution in [0.25, 0.3) is 0 Å². The molecule has 1 aromatic heterocycles. The molecule has 0 radical (unpaired) electrons. The van der Waals surface area contributed by atoms with E-state index in [4.69, 9.17) is 5.26 Å². The molecule has 0 saturated heterocycles. The van der Waals surface area contributed by atoms with Crippen LogP contribution in [-0.4, -0.2) is 21.5 Å². The third kappa shape index (κ3) is 2.92. The van der Waals surface area contributed by atoms with Crippen LogP contribution in [0.15, 0.2) is 12.7 Å². The molecule has 1 aromatic rings. The summed E-state index contributed by atoms with van der Waals surface area (Å²) in [6.07, 6.45) is 4.22. The molecule has 0 atom stereocenters. The lowest BCUT2D eigenvalue weighted by molar-refractivity contribution is 0.878. The topological polar surface area (TPSA) is 74.5 Å². The molecule has 0 amide bonds. The van der Waals surface area contributed by atoms with Crippen molar-refractivity contribution < 1.29 is 0 Å². The largest absolute Gasteiger partial charge is 0.354 e. The summed E-state index contributed by atoms with van der Waals surface area (Å²) in [7, 11) is 0. The van der Waals surface area contributed by atoms with Crippen LogP contribution in [0.2, 0.25) is 0 Å². The van der Waals surface area contributed by atoms with E-state index < -0.39 is 0 Å². The van der Waals surface area contributed by atoms with Crippen LogP contribution in [-0.2, 0) is 0 Å². The van der Waals surface area contributed by atoms with Crippen LogP contribution in [0.4, 0.5) is 5.95 Å². The van der Waals surface area contributed by atoms with Gasteiger partial charge in [-0.3, -0.25) is 0 Å². The van der Waals surface area contributed by atoms with Gasteiger partial charge in [0.25, 0.3) is 0 Å². The van der Waals surface area contributed by atoms with Crippen molar-refractivity contribution in [3.63, 3.8) is 0 Å². The Labute approximate surface area is 70.5 Å². The molecule has 0 saturated carbocycles. The lowest BCUT2D eigenvalue weighted by Crippen LogP contribution is -2.04. The van der Waals surface area contributed by atoms with E-state index in [1.54, 1.807) is 0 Å². The average molecular weight is 163 g/mol. The summed E-state index contributed by atoms with van der Waals surface area (Å²) in [6.45, 7) is 0.720. The highest BCUT2D eigenvalue weighted by Crippen LogP contribution is 1.93. The van der Waals surface area contributed by atoms with Crippen LogP contribution in [0.3, 0.4) is 0 Å². The molecular weight excluding hydrogens is 154 g/mol. The van der Waals surface area contributed by atoms with Gasteiger partial charge in [0.2, 0.25) is 5.95 Å². The maximum atomic E-state index is 8.24. The fourth-order valence-corrected chi connectivity index (χ4v) is 0.698. The van der Waals surface area contributed by atoms with Gasteiger partial charge in [0.05, 0.1) is 6.07 Å². The van der Waals surface area contributed by atoms with Gasteiger partial charge in [-0.15, -0.1) is 0 Å². The summed E-state index contributed by atoms with van der Waals surface area (Å²) in [5, 5.41) is 11.2. The van der Waals surface area contributed by atoms with Crippen LogP contribution in [0.1, 0.15) is 12.8 Å². The van der Waals surface area contributed by atoms with Gasteiger partial charge in [-0.2, -0.15) is 5.26 Å². The smallest absolute Gasteiger partial charge is 0.225 e. The summed E-state index contributed by atoms with van der Waals surface area (Å²) < 4.78 is 0. The molecule has 1 N–H and O–H groups in total. The molecule has 0 aliphatic carbocycles. The standard InChI is InChI=1S/C7H9N5/c8-3-1-2-4-10-7-11-5-9-6-12-7/h5-6H,1-2,4H2,(H,9,10,11,12). The fourth-order valence-electron chi connectivity index (χ4n) is 0.698. The van der Waals surface area contributed by atoms with E-state index in [0.29, 0.717) is 12.4 Å². The lowest BCUT2D eigenvalue weighted by Gasteiger charge is -1.99. The van der Waals surface area contributed by atoms with Gasteiger partial charge in [-0.05, 0) is 6.42 Å². The second kappa shape index (κ2) is 5.02. The zero-order valence-electron chi connectivity index (χ0n) is 6.56. The molecule has 1 heterocycles. The zero-order chi connectivity index (χ0) is 8.65. The second-order valence-corrected chi connectivity index (χ2v) is 2.15. The normalized spacial score (nSPS) is 8.92. The van der Waals surface area contributed by atoms with Gasteiger partial charge in [-0.25, -0.2) is 15.0 Å². The Morgan fingerprint density at radius 2 is 2.17 bits per heavy atom. The van der Waals surface area contributed by atoms with Crippen molar-refractivity contribution in [3.8, 4) is 6.07 Å². The summed E-state index contributed by atoms with van der Waals surface area (Å²) in [6, 6.07) is 2.06. The number of rotatable bonds is 4. The Hall–Kier alpha value is -1.70. The first-order valence-corrected chi connectivity index (χ1v) is 3.66. The number of nitrogens with zero attached hydrogens (tertiary/aromatic N) is 4. The lowest BCUT2D eigenvalue weighted by atomic mass is 10.3. The number of nitrogens with one attached hydrogen (secondary N) is 1. The quantitative estimate of drug-likeness (QED) is 0.657. The molecule has 0 aromatic carbocycles. The average Bonchev–Trinajstić information content (AvgIpc) is 2.14. The van der Waals surface area contributed by atoms with Crippen molar-refractivity contribution in [2.75, 3.05) is 11.9 Å². The second-order valence-electron chi connectivity index (χ2n) is 2.15. The predicted octanol–water partition coefficient (Wildman–Crippen LogP) is 0.587. The molecule has 0 fully saturated rings. The summed E-state index contributed by atoms with van der Waals surface area (Å²) in [5.41, 5.74) is 0. The van der Waals surface area contributed by atoms with E-state index in [-0.39, 0.29) is 0 Å². The van der Waals surface area contributed by atoms with E-state index in [1.165, 1.54) is 12.7 Å². The first-order chi connectivity index (χ1) is 5.93. The van der Waals surface area contributed by atoms with Gasteiger partial charge >= 0.3 is 0 Å². The summed E-state index contributed by atoms with van der Waals surface area (Å²) in [4.78, 5) is 11.4. The highest BCUT2D eigenvalue weighted by molar-refractivity contribution is 5.19. The SMILES string of the molecule is N#CCCCNc1ncncn1. The van der Waals surface area contributed by atoms with E-state index in [1.807, 2.05) is 0 Å². The van der Waals surface area contributed by atoms with Gasteiger partial charge < -0.3 is 5.32 Å². The fraction of sp³-hybridized carbons (Fsp3) is 0.429. The van der Waals surface area contributed by atoms with Crippen molar-refractivity contribution >= 4 is 5.95 Å². The minimum atomic E-state index is 0.554. The van der Waals surface area contributed by atoms with Gasteiger partial charge in [-0.1, -0.05) is 0 Å². The maximum absolute atomic E-state index is 8.24. The number of hydrogen-bond donors (Lipinski definition) is 1. The number of unbranched alkanes of at least 4 members (excludes halogenated alkanes) is 1. The summed E-state index contributed by atoms with van der Waals surface area (Å²) in [5.74, 6) is 0.558. The van der Waals surface area contributed by atoms with E-state index in [2.05, 4.69) is 26.3 Å². The molecule has 5 nitrogen and oxygen atoms in total. The Balaban J connectivity index is 2.21. The molecule has 0 unspecified atom stereocenters. The van der Waals surface area contributed by atoms with Crippen molar-refractivity contribution in [1.29, 1.82) is 5.26 Å². The third-order valence-corrected chi connectivity index (χ3v) is 1.24. The van der Waals surface area contributed by atoms with Crippen LogP contribution >= 0.6 is 0 Å². The molecule has 62 valence electrons. The van der Waals surface area contributed by atoms with Crippen molar-refractivity contribution in [2.45, 2.75) is 12.8 Å².